The predicted molar refractivity (Wildman–Crippen MR) is 61.8 cm³/mol. The minimum absolute atomic E-state index is 0.244. The average molecular weight is 215 g/mol. The lowest BCUT2D eigenvalue weighted by molar-refractivity contribution is -0.120. The van der Waals surface area contributed by atoms with Crippen LogP contribution in [0.2, 0.25) is 0 Å². The fourth-order valence-electron chi connectivity index (χ4n) is 2.34. The Bertz CT molecular complexity index is 558. The van der Waals surface area contributed by atoms with Crippen LogP contribution in [0.4, 0.5) is 0 Å². The molecule has 2 heterocycles. The molecule has 0 bridgehead atoms. The molecule has 0 aliphatic carbocycles. The average Bonchev–Trinajstić information content (AvgIpc) is 2.66. The van der Waals surface area contributed by atoms with Crippen LogP contribution in [-0.4, -0.2) is 16.9 Å². The van der Waals surface area contributed by atoms with E-state index in [9.17, 15) is 4.79 Å². The minimum atomic E-state index is -0.282. The first kappa shape index (κ1) is 9.42. The molecule has 0 fully saturated rings. The first-order chi connectivity index (χ1) is 7.75. The molecular formula is C12H13N3O. The maximum absolute atomic E-state index is 11.2. The highest BCUT2D eigenvalue weighted by molar-refractivity contribution is 5.87. The van der Waals surface area contributed by atoms with Crippen LogP contribution < -0.4 is 11.1 Å². The fourth-order valence-corrected chi connectivity index (χ4v) is 2.34. The van der Waals surface area contributed by atoms with E-state index in [-0.39, 0.29) is 11.9 Å². The summed E-state index contributed by atoms with van der Waals surface area (Å²) >= 11 is 0. The van der Waals surface area contributed by atoms with Crippen molar-refractivity contribution in [3.8, 4) is 0 Å². The Labute approximate surface area is 92.8 Å². The molecule has 0 unspecified atom stereocenters. The van der Waals surface area contributed by atoms with Crippen molar-refractivity contribution in [2.45, 2.75) is 19.0 Å². The number of carbonyl (C=O) groups excluding carboxylic acids is 1. The van der Waals surface area contributed by atoms with E-state index in [0.29, 0.717) is 13.0 Å². The van der Waals surface area contributed by atoms with Gasteiger partial charge in [-0.3, -0.25) is 10.1 Å². The molecule has 4 heteroatoms. The van der Waals surface area contributed by atoms with Crippen molar-refractivity contribution in [3.05, 3.63) is 35.5 Å². The van der Waals surface area contributed by atoms with E-state index in [4.69, 9.17) is 5.73 Å². The molecule has 1 amide bonds. The number of H-pyrrole nitrogens is 1. The maximum Gasteiger partial charge on any atom is 0.234 e. The second kappa shape index (κ2) is 3.35. The third-order valence-electron chi connectivity index (χ3n) is 3.18. The highest BCUT2D eigenvalue weighted by atomic mass is 16.1. The van der Waals surface area contributed by atoms with Crippen molar-refractivity contribution in [1.29, 1.82) is 0 Å². The monoisotopic (exact) mass is 215 g/mol. The van der Waals surface area contributed by atoms with Crippen molar-refractivity contribution in [1.82, 2.24) is 10.3 Å². The van der Waals surface area contributed by atoms with Crippen LogP contribution in [0.1, 0.15) is 11.3 Å². The third-order valence-corrected chi connectivity index (χ3v) is 3.18. The number of primary amides is 1. The van der Waals surface area contributed by atoms with Gasteiger partial charge >= 0.3 is 0 Å². The second-order valence-electron chi connectivity index (χ2n) is 4.17. The van der Waals surface area contributed by atoms with Gasteiger partial charge in [-0.15, -0.1) is 0 Å². The minimum Gasteiger partial charge on any atom is -0.368 e. The standard InChI is InChI=1S/C12H13N3O/c13-12(16)10-5-8-7-3-1-2-4-9(7)15-11(8)6-14-10/h1-4,10,14-15H,5-6H2,(H2,13,16)/t10-/m1/s1. The van der Waals surface area contributed by atoms with Crippen LogP contribution in [0.15, 0.2) is 24.3 Å². The second-order valence-corrected chi connectivity index (χ2v) is 4.17. The topological polar surface area (TPSA) is 70.9 Å². The van der Waals surface area contributed by atoms with Crippen molar-refractivity contribution in [2.75, 3.05) is 0 Å². The molecule has 16 heavy (non-hydrogen) atoms. The zero-order valence-corrected chi connectivity index (χ0v) is 8.79. The number of aromatic amines is 1. The van der Waals surface area contributed by atoms with Crippen LogP contribution in [-0.2, 0) is 17.8 Å². The summed E-state index contributed by atoms with van der Waals surface area (Å²) in [5.74, 6) is -0.282. The molecule has 0 spiro atoms. The number of nitrogens with one attached hydrogen (secondary N) is 2. The molecule has 0 radical (unpaired) electrons. The number of amides is 1. The predicted octanol–water partition coefficient (Wildman–Crippen LogP) is 0.667. The summed E-state index contributed by atoms with van der Waals surface area (Å²) in [7, 11) is 0. The Kier molecular flexibility index (Phi) is 1.97. The van der Waals surface area contributed by atoms with Gasteiger partial charge in [0.15, 0.2) is 0 Å². The molecule has 4 N–H and O–H groups in total. The molecule has 3 rings (SSSR count). The van der Waals surface area contributed by atoms with Gasteiger partial charge in [0.25, 0.3) is 0 Å². The molecule has 1 aromatic carbocycles. The van der Waals surface area contributed by atoms with Crippen LogP contribution in [0.3, 0.4) is 0 Å². The van der Waals surface area contributed by atoms with E-state index in [1.165, 1.54) is 16.6 Å². The van der Waals surface area contributed by atoms with E-state index in [2.05, 4.69) is 16.4 Å². The SMILES string of the molecule is NC(=O)[C@H]1Cc2c([nH]c3ccccc23)CN1. The molecule has 82 valence electrons. The van der Waals surface area contributed by atoms with Gasteiger partial charge in [-0.1, -0.05) is 18.2 Å². The van der Waals surface area contributed by atoms with Gasteiger partial charge in [-0.05, 0) is 18.1 Å². The van der Waals surface area contributed by atoms with Gasteiger partial charge in [-0.25, -0.2) is 0 Å². The number of carbonyl (C=O) groups is 1. The number of aromatic nitrogens is 1. The van der Waals surface area contributed by atoms with Crippen molar-refractivity contribution < 1.29 is 4.79 Å². The summed E-state index contributed by atoms with van der Waals surface area (Å²) in [4.78, 5) is 14.5. The summed E-state index contributed by atoms with van der Waals surface area (Å²) in [6.07, 6.45) is 0.675. The van der Waals surface area contributed by atoms with Crippen molar-refractivity contribution in [3.63, 3.8) is 0 Å². The number of para-hydroxylation sites is 1. The molecule has 0 saturated carbocycles. The summed E-state index contributed by atoms with van der Waals surface area (Å²) in [5.41, 5.74) is 8.84. The van der Waals surface area contributed by atoms with E-state index in [0.717, 1.165) is 5.52 Å². The number of fused-ring (bicyclic) bond motifs is 3. The van der Waals surface area contributed by atoms with E-state index in [1.807, 2.05) is 18.2 Å². The van der Waals surface area contributed by atoms with Crippen LogP contribution >= 0.6 is 0 Å². The third kappa shape index (κ3) is 1.31. The number of nitrogens with two attached hydrogens (primary N) is 1. The largest absolute Gasteiger partial charge is 0.368 e. The van der Waals surface area contributed by atoms with Crippen molar-refractivity contribution >= 4 is 16.8 Å². The van der Waals surface area contributed by atoms with Gasteiger partial charge in [0.2, 0.25) is 5.91 Å². The van der Waals surface area contributed by atoms with Crippen LogP contribution in [0.5, 0.6) is 0 Å². The summed E-state index contributed by atoms with van der Waals surface area (Å²) < 4.78 is 0. The van der Waals surface area contributed by atoms with Gasteiger partial charge < -0.3 is 10.7 Å². The Morgan fingerprint density at radius 2 is 2.19 bits per heavy atom. The van der Waals surface area contributed by atoms with Gasteiger partial charge in [0.1, 0.15) is 0 Å². The zero-order valence-electron chi connectivity index (χ0n) is 8.79. The molecule has 1 atom stereocenters. The number of hydrogen-bond donors (Lipinski definition) is 3. The van der Waals surface area contributed by atoms with Gasteiger partial charge in [0, 0.05) is 23.1 Å². The van der Waals surface area contributed by atoms with Crippen LogP contribution in [0, 0.1) is 0 Å². The normalized spacial score (nSPS) is 19.6. The van der Waals surface area contributed by atoms with E-state index < -0.39 is 0 Å². The first-order valence-electron chi connectivity index (χ1n) is 5.37. The molecule has 1 aromatic heterocycles. The Morgan fingerprint density at radius 3 is 3.00 bits per heavy atom. The molecule has 4 nitrogen and oxygen atoms in total. The zero-order chi connectivity index (χ0) is 11.1. The Hall–Kier alpha value is -1.81. The van der Waals surface area contributed by atoms with Crippen molar-refractivity contribution in [2.24, 2.45) is 5.73 Å². The highest BCUT2D eigenvalue weighted by Gasteiger charge is 2.24. The molecule has 0 saturated heterocycles. The lowest BCUT2D eigenvalue weighted by atomic mass is 9.98. The maximum atomic E-state index is 11.2. The lowest BCUT2D eigenvalue weighted by Crippen LogP contribution is -2.45. The van der Waals surface area contributed by atoms with Crippen LogP contribution in [0.25, 0.3) is 10.9 Å². The lowest BCUT2D eigenvalue weighted by Gasteiger charge is -2.21. The summed E-state index contributed by atoms with van der Waals surface area (Å²) in [6, 6.07) is 7.90. The molecular weight excluding hydrogens is 202 g/mol. The highest BCUT2D eigenvalue weighted by Crippen LogP contribution is 2.26. The fraction of sp³-hybridized carbons (Fsp3) is 0.250. The summed E-state index contributed by atoms with van der Waals surface area (Å²) in [5, 5.41) is 4.33. The molecule has 1 aliphatic heterocycles. The Morgan fingerprint density at radius 1 is 1.38 bits per heavy atom. The number of benzene rings is 1. The van der Waals surface area contributed by atoms with E-state index in [1.54, 1.807) is 0 Å². The summed E-state index contributed by atoms with van der Waals surface area (Å²) in [6.45, 7) is 0.678. The first-order valence-corrected chi connectivity index (χ1v) is 5.37. The molecule has 2 aromatic rings. The van der Waals surface area contributed by atoms with Gasteiger partial charge in [-0.2, -0.15) is 0 Å². The van der Waals surface area contributed by atoms with E-state index >= 15 is 0 Å². The smallest absolute Gasteiger partial charge is 0.234 e. The number of hydrogen-bond acceptors (Lipinski definition) is 2. The number of rotatable bonds is 1. The molecule has 1 aliphatic rings. The van der Waals surface area contributed by atoms with Gasteiger partial charge in [0.05, 0.1) is 6.04 Å². The quantitative estimate of drug-likeness (QED) is 0.654. The Balaban J connectivity index is 2.11.